The SMILES string of the molecule is CN(P)C#N. The Bertz CT molecular complexity index is 53.2. The molecule has 0 radical (unpaired) electrons. The van der Waals surface area contributed by atoms with E-state index < -0.39 is 0 Å². The summed E-state index contributed by atoms with van der Waals surface area (Å²) in [6.07, 6.45) is 1.82. The van der Waals surface area contributed by atoms with Crippen LogP contribution in [0.15, 0.2) is 0 Å². The summed E-state index contributed by atoms with van der Waals surface area (Å²) < 4.78 is 1.35. The molecule has 0 aliphatic carbocycles. The van der Waals surface area contributed by atoms with Crippen molar-refractivity contribution < 1.29 is 0 Å². The summed E-state index contributed by atoms with van der Waals surface area (Å²) in [7, 11) is 3.86. The fourth-order valence-electron chi connectivity index (χ4n) is 0. The molecular weight excluding hydrogens is 83.0 g/mol. The molecule has 0 aliphatic heterocycles. The molecule has 2 nitrogen and oxygen atoms in total. The van der Waals surface area contributed by atoms with Gasteiger partial charge in [0.25, 0.3) is 0 Å². The van der Waals surface area contributed by atoms with Crippen molar-refractivity contribution >= 4 is 9.39 Å². The second-order valence-electron chi connectivity index (χ2n) is 0.711. The van der Waals surface area contributed by atoms with Crippen LogP contribution in [0.5, 0.6) is 0 Å². The van der Waals surface area contributed by atoms with Crippen molar-refractivity contribution in [1.29, 1.82) is 5.26 Å². The van der Waals surface area contributed by atoms with Crippen molar-refractivity contribution in [3.8, 4) is 6.19 Å². The van der Waals surface area contributed by atoms with Crippen LogP contribution in [0.2, 0.25) is 0 Å². The predicted molar refractivity (Wildman–Crippen MR) is 23.1 cm³/mol. The molecule has 0 fully saturated rings. The van der Waals surface area contributed by atoms with Crippen molar-refractivity contribution in [2.24, 2.45) is 0 Å². The highest BCUT2D eigenvalue weighted by Gasteiger charge is 1.67. The highest BCUT2D eigenvalue weighted by Crippen LogP contribution is 1.83. The van der Waals surface area contributed by atoms with Crippen LogP contribution in [-0.4, -0.2) is 11.7 Å². The fourth-order valence-corrected chi connectivity index (χ4v) is 0. The van der Waals surface area contributed by atoms with Crippen molar-refractivity contribution in [3.63, 3.8) is 0 Å². The zero-order valence-corrected chi connectivity index (χ0v) is 4.13. The number of hydrogen-bond acceptors (Lipinski definition) is 2. The van der Waals surface area contributed by atoms with Crippen LogP contribution in [0, 0.1) is 11.5 Å². The van der Waals surface area contributed by atoms with E-state index in [9.17, 15) is 0 Å². The molecule has 0 saturated carbocycles. The Morgan fingerprint density at radius 2 is 2.20 bits per heavy atom. The Hall–Kier alpha value is -0.280. The Balaban J connectivity index is 2.94. The van der Waals surface area contributed by atoms with E-state index in [4.69, 9.17) is 5.26 Å². The van der Waals surface area contributed by atoms with Gasteiger partial charge in [-0.1, -0.05) is 0 Å². The summed E-state index contributed by atoms with van der Waals surface area (Å²) >= 11 is 0. The molecule has 0 aromatic heterocycles. The molecule has 3 heteroatoms. The minimum Gasteiger partial charge on any atom is -0.299 e. The molecule has 28 valence electrons. The van der Waals surface area contributed by atoms with Crippen LogP contribution in [0.25, 0.3) is 0 Å². The second-order valence-corrected chi connectivity index (χ2v) is 1.49. The molecule has 0 aromatic carbocycles. The van der Waals surface area contributed by atoms with E-state index in [2.05, 4.69) is 9.39 Å². The molecule has 0 heterocycles. The van der Waals surface area contributed by atoms with Crippen molar-refractivity contribution in [2.45, 2.75) is 0 Å². The molecule has 0 aromatic rings. The first kappa shape index (κ1) is 4.72. The number of hydrogen-bond donors (Lipinski definition) is 0. The van der Waals surface area contributed by atoms with Gasteiger partial charge in [-0.25, -0.2) is 0 Å². The largest absolute Gasteiger partial charge is 0.299 e. The maximum atomic E-state index is 7.80. The standard InChI is InChI=1S/C2H5N2P/c1-4(5)2-3/h5H2,1H3. The zero-order valence-electron chi connectivity index (χ0n) is 2.97. The molecule has 1 atom stereocenters. The van der Waals surface area contributed by atoms with Crippen LogP contribution in [-0.2, 0) is 0 Å². The number of rotatable bonds is 0. The van der Waals surface area contributed by atoms with Gasteiger partial charge in [0.05, 0.1) is 0 Å². The molecule has 5 heavy (non-hydrogen) atoms. The van der Waals surface area contributed by atoms with Gasteiger partial charge in [0, 0.05) is 7.05 Å². The highest BCUT2D eigenvalue weighted by atomic mass is 31.0. The molecule has 0 saturated heterocycles. The van der Waals surface area contributed by atoms with Gasteiger partial charge in [0.2, 0.25) is 0 Å². The van der Waals surface area contributed by atoms with Crippen molar-refractivity contribution in [2.75, 3.05) is 7.05 Å². The van der Waals surface area contributed by atoms with Crippen LogP contribution in [0.4, 0.5) is 0 Å². The third kappa shape index (κ3) is 3.72. The average molecular weight is 88.1 g/mol. The summed E-state index contributed by atoms with van der Waals surface area (Å²) in [6.45, 7) is 0. The zero-order chi connectivity index (χ0) is 4.28. The Kier molecular flexibility index (Phi) is 1.88. The molecule has 0 rings (SSSR count). The number of nitrogens with zero attached hydrogens (tertiary/aromatic N) is 2. The lowest BCUT2D eigenvalue weighted by Crippen LogP contribution is -1.87. The average Bonchev–Trinajstić information content (AvgIpc) is 1.38. The van der Waals surface area contributed by atoms with E-state index >= 15 is 0 Å². The Morgan fingerprint density at radius 1 is 2.00 bits per heavy atom. The van der Waals surface area contributed by atoms with Gasteiger partial charge >= 0.3 is 0 Å². The molecule has 1 unspecified atom stereocenters. The van der Waals surface area contributed by atoms with Crippen LogP contribution in [0.3, 0.4) is 0 Å². The maximum Gasteiger partial charge on any atom is 0.182 e. The minimum absolute atomic E-state index is 1.35. The minimum atomic E-state index is 1.35. The predicted octanol–water partition coefficient (Wildman–Crippen LogP) is 0.189. The summed E-state index contributed by atoms with van der Waals surface area (Å²) in [5.41, 5.74) is 0. The molecule has 0 aliphatic rings. The first-order valence-corrected chi connectivity index (χ1v) is 1.67. The van der Waals surface area contributed by atoms with Gasteiger partial charge in [-0.3, -0.25) is 4.67 Å². The van der Waals surface area contributed by atoms with E-state index in [0.29, 0.717) is 0 Å². The first-order valence-electron chi connectivity index (χ1n) is 1.15. The van der Waals surface area contributed by atoms with Gasteiger partial charge < -0.3 is 0 Å². The van der Waals surface area contributed by atoms with E-state index in [0.717, 1.165) is 0 Å². The lowest BCUT2D eigenvalue weighted by atomic mass is 11.2. The molecule has 0 spiro atoms. The van der Waals surface area contributed by atoms with Crippen LogP contribution >= 0.6 is 9.39 Å². The monoisotopic (exact) mass is 88.0 g/mol. The molecular formula is C2H5N2P. The van der Waals surface area contributed by atoms with Crippen molar-refractivity contribution in [1.82, 2.24) is 4.67 Å². The smallest absolute Gasteiger partial charge is 0.182 e. The van der Waals surface area contributed by atoms with Gasteiger partial charge in [0.1, 0.15) is 0 Å². The lowest BCUT2D eigenvalue weighted by molar-refractivity contribution is 0.798. The maximum absolute atomic E-state index is 7.80. The normalized spacial score (nSPS) is 5.80. The number of nitriles is 1. The topological polar surface area (TPSA) is 27.0 Å². The third-order valence-electron chi connectivity index (χ3n) is 0.158. The summed E-state index contributed by atoms with van der Waals surface area (Å²) in [6, 6.07) is 0. The first-order chi connectivity index (χ1) is 2.27. The van der Waals surface area contributed by atoms with E-state index in [1.165, 1.54) is 4.67 Å². The van der Waals surface area contributed by atoms with Gasteiger partial charge in [-0.05, 0) is 9.39 Å². The third-order valence-corrected chi connectivity index (χ3v) is 0.273. The van der Waals surface area contributed by atoms with Crippen LogP contribution < -0.4 is 0 Å². The summed E-state index contributed by atoms with van der Waals surface area (Å²) in [4.78, 5) is 0. The van der Waals surface area contributed by atoms with E-state index in [1.807, 2.05) is 6.19 Å². The molecule has 0 bridgehead atoms. The van der Waals surface area contributed by atoms with Crippen LogP contribution in [0.1, 0.15) is 0 Å². The summed E-state index contributed by atoms with van der Waals surface area (Å²) in [5, 5.41) is 7.80. The van der Waals surface area contributed by atoms with Crippen molar-refractivity contribution in [3.05, 3.63) is 0 Å². The molecule has 0 amide bonds. The second kappa shape index (κ2) is 1.99. The van der Waals surface area contributed by atoms with Gasteiger partial charge in [0.15, 0.2) is 6.19 Å². The quantitative estimate of drug-likeness (QED) is 0.240. The van der Waals surface area contributed by atoms with E-state index in [1.54, 1.807) is 7.05 Å². The summed E-state index contributed by atoms with van der Waals surface area (Å²) in [5.74, 6) is 0. The Morgan fingerprint density at radius 3 is 2.20 bits per heavy atom. The lowest BCUT2D eigenvalue weighted by Gasteiger charge is -1.89. The molecule has 0 N–H and O–H groups in total. The highest BCUT2D eigenvalue weighted by molar-refractivity contribution is 7.13. The van der Waals surface area contributed by atoms with Gasteiger partial charge in [-0.2, -0.15) is 5.26 Å². The van der Waals surface area contributed by atoms with Gasteiger partial charge in [-0.15, -0.1) is 0 Å². The fraction of sp³-hybridized carbons (Fsp3) is 0.500. The van der Waals surface area contributed by atoms with E-state index in [-0.39, 0.29) is 0 Å². The Labute approximate surface area is 33.6 Å².